The average molecular weight is 222 g/mol. The summed E-state index contributed by atoms with van der Waals surface area (Å²) in [6, 6.07) is 8.42. The van der Waals surface area contributed by atoms with E-state index in [1.807, 2.05) is 18.2 Å². The van der Waals surface area contributed by atoms with Crippen LogP contribution in [0, 0.1) is 5.92 Å². The van der Waals surface area contributed by atoms with Crippen molar-refractivity contribution in [1.82, 2.24) is 4.90 Å². The molecule has 3 nitrogen and oxygen atoms in total. The standard InChI is InChI=1S/C13H22N2O/c1-10(9-14)13(15(2)3)11-7-5-6-8-12(11)16-4/h5-8,10,13H,9,14H2,1-4H3. The predicted molar refractivity (Wildman–Crippen MR) is 67.6 cm³/mol. The summed E-state index contributed by atoms with van der Waals surface area (Å²) in [5, 5.41) is 0. The molecule has 90 valence electrons. The molecular formula is C13H22N2O. The van der Waals surface area contributed by atoms with Crippen molar-refractivity contribution in [2.45, 2.75) is 13.0 Å². The number of nitrogens with two attached hydrogens (primary N) is 1. The van der Waals surface area contributed by atoms with Gasteiger partial charge in [-0.25, -0.2) is 0 Å². The lowest BCUT2D eigenvalue weighted by molar-refractivity contribution is 0.221. The summed E-state index contributed by atoms with van der Waals surface area (Å²) in [5.74, 6) is 1.33. The first kappa shape index (κ1) is 13.0. The molecule has 0 radical (unpaired) electrons. The molecule has 0 bridgehead atoms. The smallest absolute Gasteiger partial charge is 0.123 e. The monoisotopic (exact) mass is 222 g/mol. The molecule has 16 heavy (non-hydrogen) atoms. The zero-order valence-electron chi connectivity index (χ0n) is 10.6. The average Bonchev–Trinajstić information content (AvgIpc) is 2.29. The second-order valence-electron chi connectivity index (χ2n) is 4.36. The SMILES string of the molecule is COc1ccccc1C(C(C)CN)N(C)C. The summed E-state index contributed by atoms with van der Waals surface area (Å²) in [5.41, 5.74) is 6.97. The Morgan fingerprint density at radius 2 is 1.94 bits per heavy atom. The van der Waals surface area contributed by atoms with Gasteiger partial charge in [0.15, 0.2) is 0 Å². The van der Waals surface area contributed by atoms with Gasteiger partial charge in [-0.3, -0.25) is 0 Å². The first-order valence-corrected chi connectivity index (χ1v) is 5.61. The topological polar surface area (TPSA) is 38.5 Å². The van der Waals surface area contributed by atoms with E-state index in [-0.39, 0.29) is 0 Å². The van der Waals surface area contributed by atoms with E-state index in [4.69, 9.17) is 10.5 Å². The molecule has 1 rings (SSSR count). The van der Waals surface area contributed by atoms with Crippen molar-refractivity contribution in [3.05, 3.63) is 29.8 Å². The van der Waals surface area contributed by atoms with E-state index in [0.29, 0.717) is 18.5 Å². The van der Waals surface area contributed by atoms with E-state index in [0.717, 1.165) is 5.75 Å². The highest BCUT2D eigenvalue weighted by Crippen LogP contribution is 2.32. The Balaban J connectivity index is 3.10. The van der Waals surface area contributed by atoms with Crippen LogP contribution in [0.2, 0.25) is 0 Å². The lowest BCUT2D eigenvalue weighted by Crippen LogP contribution is -2.30. The maximum Gasteiger partial charge on any atom is 0.123 e. The molecule has 0 aromatic heterocycles. The molecule has 0 heterocycles. The van der Waals surface area contributed by atoms with E-state index in [2.05, 4.69) is 32.0 Å². The largest absolute Gasteiger partial charge is 0.496 e. The molecule has 0 saturated heterocycles. The van der Waals surface area contributed by atoms with Gasteiger partial charge in [0.1, 0.15) is 5.75 Å². The summed E-state index contributed by atoms with van der Waals surface area (Å²) in [7, 11) is 5.85. The number of ether oxygens (including phenoxy) is 1. The Kier molecular flexibility index (Phi) is 4.77. The number of rotatable bonds is 5. The van der Waals surface area contributed by atoms with Gasteiger partial charge < -0.3 is 15.4 Å². The second-order valence-corrected chi connectivity index (χ2v) is 4.36. The zero-order valence-corrected chi connectivity index (χ0v) is 10.6. The number of nitrogens with zero attached hydrogens (tertiary/aromatic N) is 1. The Bertz CT molecular complexity index is 325. The van der Waals surface area contributed by atoms with Gasteiger partial charge in [-0.2, -0.15) is 0 Å². The first-order valence-electron chi connectivity index (χ1n) is 5.61. The maximum atomic E-state index is 5.77. The highest BCUT2D eigenvalue weighted by atomic mass is 16.5. The molecule has 0 aliphatic rings. The molecule has 1 aromatic carbocycles. The maximum absolute atomic E-state index is 5.77. The fourth-order valence-electron chi connectivity index (χ4n) is 2.13. The van der Waals surface area contributed by atoms with Crippen molar-refractivity contribution >= 4 is 0 Å². The highest BCUT2D eigenvalue weighted by molar-refractivity contribution is 5.36. The highest BCUT2D eigenvalue weighted by Gasteiger charge is 2.23. The van der Waals surface area contributed by atoms with Crippen molar-refractivity contribution in [3.8, 4) is 5.75 Å². The van der Waals surface area contributed by atoms with Gasteiger partial charge in [-0.05, 0) is 32.6 Å². The third-order valence-corrected chi connectivity index (χ3v) is 2.92. The Labute approximate surface area is 98.2 Å². The second kappa shape index (κ2) is 5.87. The van der Waals surface area contributed by atoms with Crippen LogP contribution in [0.1, 0.15) is 18.5 Å². The van der Waals surface area contributed by atoms with Crippen molar-refractivity contribution in [2.24, 2.45) is 11.7 Å². The van der Waals surface area contributed by atoms with Crippen LogP contribution < -0.4 is 10.5 Å². The lowest BCUT2D eigenvalue weighted by atomic mass is 9.93. The van der Waals surface area contributed by atoms with Gasteiger partial charge >= 0.3 is 0 Å². The molecule has 0 aliphatic heterocycles. The molecule has 2 unspecified atom stereocenters. The van der Waals surface area contributed by atoms with Crippen LogP contribution in [-0.4, -0.2) is 32.6 Å². The summed E-state index contributed by atoms with van der Waals surface area (Å²) in [6.07, 6.45) is 0. The third-order valence-electron chi connectivity index (χ3n) is 2.92. The fraction of sp³-hybridized carbons (Fsp3) is 0.538. The molecule has 1 aromatic rings. The molecule has 2 N–H and O–H groups in total. The van der Waals surface area contributed by atoms with Crippen molar-refractivity contribution in [1.29, 1.82) is 0 Å². The minimum Gasteiger partial charge on any atom is -0.496 e. The van der Waals surface area contributed by atoms with E-state index in [1.165, 1.54) is 5.56 Å². The lowest BCUT2D eigenvalue weighted by Gasteiger charge is -2.30. The predicted octanol–water partition coefficient (Wildman–Crippen LogP) is 1.89. The quantitative estimate of drug-likeness (QED) is 0.827. The molecule has 3 heteroatoms. The van der Waals surface area contributed by atoms with Crippen LogP contribution in [0.4, 0.5) is 0 Å². The Morgan fingerprint density at radius 3 is 2.44 bits per heavy atom. The van der Waals surface area contributed by atoms with Gasteiger partial charge in [0.2, 0.25) is 0 Å². The number of hydrogen-bond donors (Lipinski definition) is 1. The van der Waals surface area contributed by atoms with E-state index < -0.39 is 0 Å². The molecule has 0 fully saturated rings. The summed E-state index contributed by atoms with van der Waals surface area (Å²) in [6.45, 7) is 2.83. The normalized spacial score (nSPS) is 14.9. The van der Waals surface area contributed by atoms with Crippen LogP contribution >= 0.6 is 0 Å². The van der Waals surface area contributed by atoms with Gasteiger partial charge in [0, 0.05) is 11.6 Å². The van der Waals surface area contributed by atoms with E-state index >= 15 is 0 Å². The van der Waals surface area contributed by atoms with Crippen LogP contribution in [0.25, 0.3) is 0 Å². The van der Waals surface area contributed by atoms with Gasteiger partial charge in [-0.1, -0.05) is 25.1 Å². The molecule has 0 amide bonds. The van der Waals surface area contributed by atoms with E-state index in [9.17, 15) is 0 Å². The van der Waals surface area contributed by atoms with Crippen molar-refractivity contribution < 1.29 is 4.74 Å². The Morgan fingerprint density at radius 1 is 1.31 bits per heavy atom. The van der Waals surface area contributed by atoms with Crippen molar-refractivity contribution in [2.75, 3.05) is 27.7 Å². The fourth-order valence-corrected chi connectivity index (χ4v) is 2.13. The van der Waals surface area contributed by atoms with E-state index in [1.54, 1.807) is 7.11 Å². The van der Waals surface area contributed by atoms with Crippen LogP contribution in [0.3, 0.4) is 0 Å². The molecular weight excluding hydrogens is 200 g/mol. The van der Waals surface area contributed by atoms with Crippen LogP contribution in [0.15, 0.2) is 24.3 Å². The molecule has 0 saturated carbocycles. The zero-order chi connectivity index (χ0) is 12.1. The minimum atomic E-state index is 0.293. The summed E-state index contributed by atoms with van der Waals surface area (Å²) >= 11 is 0. The summed E-state index contributed by atoms with van der Waals surface area (Å²) in [4.78, 5) is 2.19. The van der Waals surface area contributed by atoms with Crippen LogP contribution in [0.5, 0.6) is 5.75 Å². The molecule has 0 spiro atoms. The number of methoxy groups -OCH3 is 1. The number of hydrogen-bond acceptors (Lipinski definition) is 3. The van der Waals surface area contributed by atoms with Crippen LogP contribution in [-0.2, 0) is 0 Å². The number of para-hydroxylation sites is 1. The van der Waals surface area contributed by atoms with Gasteiger partial charge in [-0.15, -0.1) is 0 Å². The van der Waals surface area contributed by atoms with Gasteiger partial charge in [0.05, 0.1) is 7.11 Å². The van der Waals surface area contributed by atoms with Crippen molar-refractivity contribution in [3.63, 3.8) is 0 Å². The summed E-state index contributed by atoms with van der Waals surface area (Å²) < 4.78 is 5.40. The number of benzene rings is 1. The van der Waals surface area contributed by atoms with Gasteiger partial charge in [0.25, 0.3) is 0 Å². The third kappa shape index (κ3) is 2.74. The molecule has 2 atom stereocenters. The first-order chi connectivity index (χ1) is 7.61. The minimum absolute atomic E-state index is 0.293. The Hall–Kier alpha value is -1.06. The molecule has 0 aliphatic carbocycles.